The summed E-state index contributed by atoms with van der Waals surface area (Å²) < 4.78 is 2.25. The highest BCUT2D eigenvalue weighted by Gasteiger charge is 2.44. The predicted octanol–water partition coefficient (Wildman–Crippen LogP) is 9.25. The third kappa shape index (κ3) is 5.19. The summed E-state index contributed by atoms with van der Waals surface area (Å²) in [6.45, 7) is 14.5. The van der Waals surface area contributed by atoms with Crippen LogP contribution >= 0.6 is 0 Å². The van der Waals surface area contributed by atoms with Crippen LogP contribution in [0.2, 0.25) is 0 Å². The molecule has 2 fully saturated rings. The molecule has 1 aliphatic carbocycles. The first-order valence-corrected chi connectivity index (χ1v) is 17.3. The van der Waals surface area contributed by atoms with E-state index in [4.69, 9.17) is 0 Å². The second kappa shape index (κ2) is 10.4. The van der Waals surface area contributed by atoms with E-state index in [-0.39, 0.29) is 16.2 Å². The molecule has 0 radical (unpaired) electrons. The molecule has 0 N–H and O–H groups in total. The zero-order valence-electron chi connectivity index (χ0n) is 29.1. The van der Waals surface area contributed by atoms with E-state index in [2.05, 4.69) is 141 Å². The quantitative estimate of drug-likeness (QED) is 0.205. The number of benzene rings is 4. The number of fused-ring (bicyclic) bond motifs is 3. The van der Waals surface area contributed by atoms with Crippen molar-refractivity contribution in [3.05, 3.63) is 118 Å². The molecule has 234 valence electrons. The molecule has 0 aromatic heterocycles. The zero-order chi connectivity index (χ0) is 31.8. The molecule has 45 heavy (non-hydrogen) atoms. The zero-order valence-corrected chi connectivity index (χ0v) is 29.1. The van der Waals surface area contributed by atoms with Gasteiger partial charge in [-0.2, -0.15) is 0 Å². The topological polar surface area (TPSA) is 0 Å². The number of likely N-dealkylation sites (tertiary alicyclic amines) is 2. The maximum atomic E-state index is 2.62. The van der Waals surface area contributed by atoms with Gasteiger partial charge in [-0.25, -0.2) is 0 Å². The Morgan fingerprint density at radius 3 is 1.44 bits per heavy atom. The Morgan fingerprint density at radius 1 is 0.489 bits per heavy atom. The lowest BCUT2D eigenvalue weighted by Crippen LogP contribution is -2.51. The number of hydrogen-bond donors (Lipinski definition) is 0. The van der Waals surface area contributed by atoms with Gasteiger partial charge in [-0.3, -0.25) is 0 Å². The van der Waals surface area contributed by atoms with Crippen molar-refractivity contribution in [2.45, 2.75) is 69.6 Å². The van der Waals surface area contributed by atoms with Crippen molar-refractivity contribution in [1.82, 2.24) is 0 Å². The fourth-order valence-electron chi connectivity index (χ4n) is 8.73. The Balaban J connectivity index is 1.27. The van der Waals surface area contributed by atoms with Gasteiger partial charge in [0.2, 0.25) is 0 Å². The molecule has 0 spiro atoms. The summed E-state index contributed by atoms with van der Waals surface area (Å²) in [5.41, 5.74) is 14.6. The van der Waals surface area contributed by atoms with Crippen LogP contribution in [0.5, 0.6) is 0 Å². The van der Waals surface area contributed by atoms with E-state index < -0.39 is 0 Å². The minimum absolute atomic E-state index is 0.0163. The molecular weight excluding hydrogens is 544 g/mol. The van der Waals surface area contributed by atoms with Gasteiger partial charge in [0, 0.05) is 41.9 Å². The fourth-order valence-corrected chi connectivity index (χ4v) is 8.73. The van der Waals surface area contributed by atoms with E-state index in [1.54, 1.807) is 5.56 Å². The van der Waals surface area contributed by atoms with Gasteiger partial charge in [0.15, 0.2) is 0 Å². The molecule has 0 unspecified atom stereocenters. The first kappa shape index (κ1) is 30.5. The van der Waals surface area contributed by atoms with E-state index in [9.17, 15) is 0 Å². The van der Waals surface area contributed by atoms with Gasteiger partial charge in [0.05, 0.1) is 54.4 Å². The number of quaternary nitrogens is 2. The van der Waals surface area contributed by atoms with E-state index >= 15 is 0 Å². The average molecular weight is 599 g/mol. The Kier molecular flexibility index (Phi) is 7.04. The lowest BCUT2D eigenvalue weighted by atomic mass is 9.66. The first-order valence-electron chi connectivity index (χ1n) is 17.3. The fraction of sp³-hybridized carbons (Fsp3) is 0.442. The number of rotatable bonds is 4. The van der Waals surface area contributed by atoms with Crippen molar-refractivity contribution in [2.75, 3.05) is 54.4 Å². The molecule has 2 heteroatoms. The molecular formula is C43H54N2+2. The molecule has 7 rings (SSSR count). The van der Waals surface area contributed by atoms with Crippen LogP contribution in [0.3, 0.4) is 0 Å². The largest absolute Gasteiger partial charge is 0.328 e. The van der Waals surface area contributed by atoms with Crippen LogP contribution in [0.1, 0.15) is 79.8 Å². The van der Waals surface area contributed by atoms with Crippen molar-refractivity contribution in [3.8, 4) is 22.3 Å². The van der Waals surface area contributed by atoms with Crippen molar-refractivity contribution >= 4 is 0 Å². The molecule has 2 heterocycles. The maximum Gasteiger partial charge on any atom is 0.0794 e. The summed E-state index contributed by atoms with van der Waals surface area (Å²) in [6, 6.07) is 33.6. The number of hydrogen-bond acceptors (Lipinski definition) is 0. The van der Waals surface area contributed by atoms with Gasteiger partial charge in [0.1, 0.15) is 0 Å². The summed E-state index contributed by atoms with van der Waals surface area (Å²) >= 11 is 0. The van der Waals surface area contributed by atoms with Crippen LogP contribution in [0.15, 0.2) is 84.9 Å². The summed E-state index contributed by atoms with van der Waals surface area (Å²) in [6.07, 6.45) is 4.87. The van der Waals surface area contributed by atoms with Gasteiger partial charge in [-0.15, -0.1) is 0 Å². The standard InChI is InChI=1S/C43H54N2/c1-31-9-11-32(12-10-31)33-13-15-34(16-14-33)43(23-27-45(7,8)28-24-43)36-18-20-38-37-19-17-35(29-39(37)41(2,3)40(38)30-36)42(4)21-25-44(5,6)26-22-42/h9-20,29-30H,21-28H2,1-8H3/q+2. The van der Waals surface area contributed by atoms with E-state index in [0.717, 1.165) is 8.97 Å². The summed E-state index contributed by atoms with van der Waals surface area (Å²) in [5, 5.41) is 0. The monoisotopic (exact) mass is 598 g/mol. The maximum absolute atomic E-state index is 2.62. The number of nitrogens with zero attached hydrogens (tertiary/aromatic N) is 2. The number of piperidine rings is 2. The van der Waals surface area contributed by atoms with Gasteiger partial charge in [-0.05, 0) is 57.0 Å². The molecule has 0 amide bonds. The molecule has 2 saturated heterocycles. The van der Waals surface area contributed by atoms with Gasteiger partial charge in [0.25, 0.3) is 0 Å². The summed E-state index contributed by atoms with van der Waals surface area (Å²) in [7, 11) is 9.57. The van der Waals surface area contributed by atoms with Crippen LogP contribution < -0.4 is 0 Å². The van der Waals surface area contributed by atoms with Crippen molar-refractivity contribution < 1.29 is 8.97 Å². The lowest BCUT2D eigenvalue weighted by Gasteiger charge is -2.45. The summed E-state index contributed by atoms with van der Waals surface area (Å²) in [5.74, 6) is 0. The van der Waals surface area contributed by atoms with Crippen LogP contribution in [-0.2, 0) is 16.2 Å². The highest BCUT2D eigenvalue weighted by Crippen LogP contribution is 2.53. The number of aryl methyl sites for hydroxylation is 1. The van der Waals surface area contributed by atoms with Crippen molar-refractivity contribution in [3.63, 3.8) is 0 Å². The molecule has 0 saturated carbocycles. The molecule has 4 aromatic carbocycles. The van der Waals surface area contributed by atoms with E-state index in [1.807, 2.05) is 0 Å². The Bertz CT molecular complexity index is 1720. The Hall–Kier alpha value is -3.20. The third-order valence-corrected chi connectivity index (χ3v) is 12.6. The molecule has 0 bridgehead atoms. The second-order valence-corrected chi connectivity index (χ2v) is 17.0. The molecule has 3 aliphatic rings. The normalized spacial score (nSPS) is 22.0. The van der Waals surface area contributed by atoms with E-state index in [1.165, 1.54) is 102 Å². The van der Waals surface area contributed by atoms with Crippen LogP contribution in [0, 0.1) is 6.92 Å². The van der Waals surface area contributed by atoms with Gasteiger partial charge >= 0.3 is 0 Å². The average Bonchev–Trinajstić information content (AvgIpc) is 3.25. The minimum Gasteiger partial charge on any atom is -0.328 e. The SMILES string of the molecule is Cc1ccc(-c2ccc(C3(c4ccc5c(c4)C(C)(C)c4cc(C6(C)CC[N+](C)(C)CC6)ccc4-5)CC[N+](C)(C)CC3)cc2)cc1. The first-order chi connectivity index (χ1) is 21.2. The van der Waals surface area contributed by atoms with E-state index in [0.29, 0.717) is 0 Å². The molecule has 2 aliphatic heterocycles. The predicted molar refractivity (Wildman–Crippen MR) is 191 cm³/mol. The van der Waals surface area contributed by atoms with Crippen LogP contribution in [0.4, 0.5) is 0 Å². The second-order valence-electron chi connectivity index (χ2n) is 17.0. The van der Waals surface area contributed by atoms with Crippen molar-refractivity contribution in [1.29, 1.82) is 0 Å². The summed E-state index contributed by atoms with van der Waals surface area (Å²) in [4.78, 5) is 0. The van der Waals surface area contributed by atoms with Crippen molar-refractivity contribution in [2.24, 2.45) is 0 Å². The van der Waals surface area contributed by atoms with Gasteiger partial charge < -0.3 is 8.97 Å². The van der Waals surface area contributed by atoms with Crippen LogP contribution in [0.25, 0.3) is 22.3 Å². The van der Waals surface area contributed by atoms with Crippen LogP contribution in [-0.4, -0.2) is 63.3 Å². The molecule has 4 aromatic rings. The molecule has 2 nitrogen and oxygen atoms in total. The third-order valence-electron chi connectivity index (χ3n) is 12.6. The molecule has 0 atom stereocenters. The Morgan fingerprint density at radius 2 is 0.911 bits per heavy atom. The van der Waals surface area contributed by atoms with Gasteiger partial charge in [-0.1, -0.05) is 111 Å². The highest BCUT2D eigenvalue weighted by molar-refractivity contribution is 5.81. The smallest absolute Gasteiger partial charge is 0.0794 e. The Labute approximate surface area is 272 Å². The minimum atomic E-state index is -0.0163. The highest BCUT2D eigenvalue weighted by atomic mass is 15.3. The lowest BCUT2D eigenvalue weighted by molar-refractivity contribution is -0.896.